The summed E-state index contributed by atoms with van der Waals surface area (Å²) in [6.45, 7) is 0. The summed E-state index contributed by atoms with van der Waals surface area (Å²) in [6.07, 6.45) is 0. The topological polar surface area (TPSA) is 66.4 Å². The number of halogens is 1. The van der Waals surface area contributed by atoms with Crippen molar-refractivity contribution in [2.75, 3.05) is 0 Å². The summed E-state index contributed by atoms with van der Waals surface area (Å²) in [6, 6.07) is 6.18. The molecule has 72 valence electrons. The zero-order chi connectivity index (χ0) is 9.90. The number of sulfonamides is 1. The van der Waals surface area contributed by atoms with Gasteiger partial charge in [0.15, 0.2) is 0 Å². The van der Waals surface area contributed by atoms with E-state index in [1.54, 1.807) is 12.1 Å². The number of hydrogen-bond acceptors (Lipinski definition) is 3. The molecule has 0 heterocycles. The van der Waals surface area contributed by atoms with Crippen LogP contribution >= 0.6 is 15.9 Å². The summed E-state index contributed by atoms with van der Waals surface area (Å²) < 4.78 is 22.1. The summed E-state index contributed by atoms with van der Waals surface area (Å²) in [4.78, 5) is 1.30. The van der Waals surface area contributed by atoms with Crippen LogP contribution in [0.5, 0.6) is 0 Å². The Bertz CT molecular complexity index is 373. The predicted molar refractivity (Wildman–Crippen MR) is 51.2 cm³/mol. The van der Waals surface area contributed by atoms with Gasteiger partial charge in [-0.1, -0.05) is 32.9 Å². The van der Waals surface area contributed by atoms with Gasteiger partial charge in [0, 0.05) is 5.33 Å². The lowest BCUT2D eigenvalue weighted by atomic mass is 10.2. The fraction of sp³-hybridized carbons (Fsp3) is 0.143. The number of nitrogens with one attached hydrogen (secondary N) is 1. The first kappa shape index (κ1) is 10.6. The van der Waals surface area contributed by atoms with Gasteiger partial charge in [-0.05, 0) is 17.7 Å². The van der Waals surface area contributed by atoms with E-state index >= 15 is 0 Å². The van der Waals surface area contributed by atoms with Gasteiger partial charge in [0.25, 0.3) is 10.0 Å². The molecule has 13 heavy (non-hydrogen) atoms. The lowest BCUT2D eigenvalue weighted by Gasteiger charge is -2.01. The first-order valence-corrected chi connectivity index (χ1v) is 6.01. The van der Waals surface area contributed by atoms with Crippen LogP contribution in [0.2, 0.25) is 0 Å². The van der Waals surface area contributed by atoms with Crippen LogP contribution in [0.15, 0.2) is 29.2 Å². The monoisotopic (exact) mass is 265 g/mol. The molecule has 1 aromatic rings. The molecule has 0 radical (unpaired) electrons. The van der Waals surface area contributed by atoms with Gasteiger partial charge in [0.1, 0.15) is 0 Å². The summed E-state index contributed by atoms with van der Waals surface area (Å²) in [7, 11) is -3.73. The van der Waals surface area contributed by atoms with E-state index in [1.807, 2.05) is 0 Å². The molecule has 0 bridgehead atoms. The molecule has 0 aromatic heterocycles. The van der Waals surface area contributed by atoms with Crippen molar-refractivity contribution in [1.29, 1.82) is 0 Å². The van der Waals surface area contributed by atoms with Crippen molar-refractivity contribution in [3.8, 4) is 0 Å². The van der Waals surface area contributed by atoms with Crippen LogP contribution in [0, 0.1) is 0 Å². The minimum absolute atomic E-state index is 0.0414. The van der Waals surface area contributed by atoms with Crippen LogP contribution in [-0.4, -0.2) is 13.6 Å². The number of hydrogen-bond donors (Lipinski definition) is 2. The van der Waals surface area contributed by atoms with Gasteiger partial charge in [-0.2, -0.15) is 0 Å². The molecule has 2 N–H and O–H groups in total. The van der Waals surface area contributed by atoms with Crippen LogP contribution in [0.3, 0.4) is 0 Å². The molecular formula is C7H8BrNO3S. The van der Waals surface area contributed by atoms with Gasteiger partial charge in [0.2, 0.25) is 0 Å². The van der Waals surface area contributed by atoms with Gasteiger partial charge in [0.05, 0.1) is 4.90 Å². The third-order valence-corrected chi connectivity index (χ3v) is 3.29. The van der Waals surface area contributed by atoms with Crippen LogP contribution < -0.4 is 4.89 Å². The lowest BCUT2D eigenvalue weighted by Crippen LogP contribution is -2.19. The molecular weight excluding hydrogens is 258 g/mol. The Morgan fingerprint density at radius 3 is 2.23 bits per heavy atom. The minimum atomic E-state index is -3.73. The molecule has 0 fully saturated rings. The predicted octanol–water partition coefficient (Wildman–Crippen LogP) is 1.25. The van der Waals surface area contributed by atoms with Crippen molar-refractivity contribution in [3.63, 3.8) is 0 Å². The van der Waals surface area contributed by atoms with Crippen molar-refractivity contribution < 1.29 is 13.6 Å². The van der Waals surface area contributed by atoms with Crippen molar-refractivity contribution >= 4 is 26.0 Å². The highest BCUT2D eigenvalue weighted by Gasteiger charge is 2.10. The zero-order valence-electron chi connectivity index (χ0n) is 6.57. The van der Waals surface area contributed by atoms with Crippen LogP contribution in [0.4, 0.5) is 0 Å². The third-order valence-electron chi connectivity index (χ3n) is 1.51. The highest BCUT2D eigenvalue weighted by atomic mass is 79.9. The van der Waals surface area contributed by atoms with E-state index in [0.29, 0.717) is 5.33 Å². The smallest absolute Gasteiger partial charge is 0.262 e. The Morgan fingerprint density at radius 1 is 1.31 bits per heavy atom. The van der Waals surface area contributed by atoms with Crippen molar-refractivity contribution in [2.45, 2.75) is 10.2 Å². The number of rotatable bonds is 3. The second kappa shape index (κ2) is 4.19. The maximum atomic E-state index is 11.0. The molecule has 0 unspecified atom stereocenters. The molecule has 0 aliphatic rings. The van der Waals surface area contributed by atoms with Crippen molar-refractivity contribution in [1.82, 2.24) is 4.89 Å². The van der Waals surface area contributed by atoms with E-state index < -0.39 is 10.0 Å². The van der Waals surface area contributed by atoms with Crippen molar-refractivity contribution in [2.24, 2.45) is 0 Å². The van der Waals surface area contributed by atoms with Crippen molar-refractivity contribution in [3.05, 3.63) is 29.8 Å². The highest BCUT2D eigenvalue weighted by Crippen LogP contribution is 2.11. The van der Waals surface area contributed by atoms with Crippen LogP contribution in [0.25, 0.3) is 0 Å². The molecule has 0 saturated carbocycles. The molecule has 0 aliphatic heterocycles. The zero-order valence-corrected chi connectivity index (χ0v) is 8.97. The summed E-state index contributed by atoms with van der Waals surface area (Å²) >= 11 is 3.24. The maximum Gasteiger partial charge on any atom is 0.262 e. The van der Waals surface area contributed by atoms with E-state index in [0.717, 1.165) is 5.56 Å². The first-order valence-electron chi connectivity index (χ1n) is 3.41. The molecule has 0 saturated heterocycles. The van der Waals surface area contributed by atoms with E-state index in [-0.39, 0.29) is 4.90 Å². The summed E-state index contributed by atoms with van der Waals surface area (Å²) in [5.41, 5.74) is 0.969. The molecule has 4 nitrogen and oxygen atoms in total. The Kier molecular flexibility index (Phi) is 3.43. The average molecular weight is 266 g/mol. The average Bonchev–Trinajstić information content (AvgIpc) is 2.18. The van der Waals surface area contributed by atoms with Crippen LogP contribution in [-0.2, 0) is 15.4 Å². The molecule has 6 heteroatoms. The summed E-state index contributed by atoms with van der Waals surface area (Å²) in [5.74, 6) is 0. The minimum Gasteiger partial charge on any atom is -0.302 e. The van der Waals surface area contributed by atoms with E-state index in [9.17, 15) is 8.42 Å². The first-order chi connectivity index (χ1) is 6.10. The van der Waals surface area contributed by atoms with Gasteiger partial charge < -0.3 is 5.21 Å². The Morgan fingerprint density at radius 2 is 1.85 bits per heavy atom. The highest BCUT2D eigenvalue weighted by molar-refractivity contribution is 9.08. The fourth-order valence-electron chi connectivity index (χ4n) is 0.810. The van der Waals surface area contributed by atoms with Gasteiger partial charge in [-0.3, -0.25) is 0 Å². The third kappa shape index (κ3) is 2.50. The SMILES string of the molecule is O=S(=O)(NO)c1ccc(CBr)cc1. The van der Waals surface area contributed by atoms with E-state index in [4.69, 9.17) is 5.21 Å². The Labute approximate surface area is 84.7 Å². The molecule has 1 aromatic carbocycles. The number of benzene rings is 1. The van der Waals surface area contributed by atoms with Gasteiger partial charge in [-0.25, -0.2) is 8.42 Å². The fourth-order valence-corrected chi connectivity index (χ4v) is 1.78. The maximum absolute atomic E-state index is 11.0. The molecule has 0 aliphatic carbocycles. The molecule has 0 atom stereocenters. The lowest BCUT2D eigenvalue weighted by molar-refractivity contribution is 0.242. The number of alkyl halides is 1. The Hall–Kier alpha value is -0.430. The molecule has 0 amide bonds. The molecule has 0 spiro atoms. The Balaban J connectivity index is 3.06. The summed E-state index contributed by atoms with van der Waals surface area (Å²) in [5, 5.41) is 8.99. The quantitative estimate of drug-likeness (QED) is 0.639. The van der Waals surface area contributed by atoms with E-state index in [1.165, 1.54) is 17.0 Å². The second-order valence-electron chi connectivity index (χ2n) is 2.37. The van der Waals surface area contributed by atoms with Gasteiger partial charge >= 0.3 is 0 Å². The normalized spacial score (nSPS) is 11.5. The molecule has 1 rings (SSSR count). The largest absolute Gasteiger partial charge is 0.302 e. The van der Waals surface area contributed by atoms with E-state index in [2.05, 4.69) is 15.9 Å². The van der Waals surface area contributed by atoms with Gasteiger partial charge in [-0.15, -0.1) is 0 Å². The van der Waals surface area contributed by atoms with Crippen LogP contribution in [0.1, 0.15) is 5.56 Å². The second-order valence-corrected chi connectivity index (χ2v) is 4.59. The standard InChI is InChI=1S/C7H8BrNO3S/c8-5-6-1-3-7(4-2-6)13(11,12)9-10/h1-4,9-10H,5H2.